The van der Waals surface area contributed by atoms with E-state index in [0.717, 1.165) is 9.18 Å². The molecule has 0 bridgehead atoms. The number of nitrogens with zero attached hydrogens (tertiary/aromatic N) is 1. The van der Waals surface area contributed by atoms with E-state index < -0.39 is 22.1 Å². The number of halogens is 3. The van der Waals surface area contributed by atoms with E-state index in [0.29, 0.717) is 6.54 Å². The molecule has 4 nitrogen and oxygen atoms in total. The van der Waals surface area contributed by atoms with Crippen LogP contribution in [-0.4, -0.2) is 39.0 Å². The van der Waals surface area contributed by atoms with Gasteiger partial charge in [-0.3, -0.25) is 0 Å². The van der Waals surface area contributed by atoms with Crippen LogP contribution >= 0.6 is 11.3 Å². The number of alkyl halides is 3. The summed E-state index contributed by atoms with van der Waals surface area (Å²) in [7, 11) is -1.92. The normalized spacial score (nSPS) is 19.0. The number of sulfonamides is 1. The number of hydrogen-bond donors (Lipinski definition) is 1. The molecule has 0 radical (unpaired) electrons. The van der Waals surface area contributed by atoms with Crippen molar-refractivity contribution in [3.05, 3.63) is 16.3 Å². The smallest absolute Gasteiger partial charge is 0.315 e. The largest absolute Gasteiger partial charge is 0.391 e. The van der Waals surface area contributed by atoms with Crippen molar-refractivity contribution in [2.45, 2.75) is 30.5 Å². The minimum atomic E-state index is -4.24. The highest BCUT2D eigenvalue weighted by atomic mass is 32.2. The van der Waals surface area contributed by atoms with Crippen LogP contribution < -0.4 is 5.32 Å². The maximum Gasteiger partial charge on any atom is 0.391 e. The molecule has 1 fully saturated rings. The van der Waals surface area contributed by atoms with Crippen LogP contribution in [0.1, 0.15) is 17.7 Å². The summed E-state index contributed by atoms with van der Waals surface area (Å²) in [5, 5.41) is 4.47. The van der Waals surface area contributed by atoms with Gasteiger partial charge in [0.05, 0.1) is 10.8 Å². The highest BCUT2D eigenvalue weighted by Crippen LogP contribution is 2.35. The predicted molar refractivity (Wildman–Crippen MR) is 74.6 cm³/mol. The fourth-order valence-corrected chi connectivity index (χ4v) is 5.08. The van der Waals surface area contributed by atoms with Gasteiger partial charge in [0.1, 0.15) is 0 Å². The van der Waals surface area contributed by atoms with Crippen molar-refractivity contribution in [2.24, 2.45) is 5.92 Å². The maximum atomic E-state index is 12.6. The minimum Gasteiger partial charge on any atom is -0.315 e. The average molecular weight is 342 g/mol. The quantitative estimate of drug-likeness (QED) is 0.914. The molecule has 0 spiro atoms. The Labute approximate surface area is 126 Å². The molecule has 1 aliphatic heterocycles. The molecule has 1 N–H and O–H groups in total. The fourth-order valence-electron chi connectivity index (χ4n) is 2.34. The summed E-state index contributed by atoms with van der Waals surface area (Å²) in [6, 6.07) is 1.58. The van der Waals surface area contributed by atoms with E-state index in [1.165, 1.54) is 16.7 Å². The fraction of sp³-hybridized carbons (Fsp3) is 0.667. The van der Waals surface area contributed by atoms with Crippen LogP contribution in [0, 0.1) is 5.92 Å². The number of rotatable bonds is 4. The van der Waals surface area contributed by atoms with Gasteiger partial charge in [0.25, 0.3) is 0 Å². The van der Waals surface area contributed by atoms with Crippen molar-refractivity contribution in [1.29, 1.82) is 0 Å². The lowest BCUT2D eigenvalue weighted by Crippen LogP contribution is -2.41. The van der Waals surface area contributed by atoms with Crippen LogP contribution in [0.2, 0.25) is 0 Å². The van der Waals surface area contributed by atoms with Gasteiger partial charge in [0.15, 0.2) is 0 Å². The number of hydrogen-bond acceptors (Lipinski definition) is 4. The van der Waals surface area contributed by atoms with E-state index in [-0.39, 0.29) is 30.8 Å². The topological polar surface area (TPSA) is 49.4 Å². The Balaban J connectivity index is 2.07. The van der Waals surface area contributed by atoms with Crippen molar-refractivity contribution in [3.63, 3.8) is 0 Å². The summed E-state index contributed by atoms with van der Waals surface area (Å²) in [5.74, 6) is -1.40. The molecular formula is C12H17F3N2O2S2. The molecule has 0 aliphatic carbocycles. The summed E-state index contributed by atoms with van der Waals surface area (Å²) in [4.78, 5) is 1.05. The van der Waals surface area contributed by atoms with Gasteiger partial charge in [-0.05, 0) is 26.0 Å². The highest BCUT2D eigenvalue weighted by molar-refractivity contribution is 7.89. The van der Waals surface area contributed by atoms with Crippen LogP contribution in [0.25, 0.3) is 0 Å². The molecule has 0 saturated carbocycles. The second-order valence-corrected chi connectivity index (χ2v) is 7.93. The van der Waals surface area contributed by atoms with Gasteiger partial charge < -0.3 is 5.32 Å². The highest BCUT2D eigenvalue weighted by Gasteiger charge is 2.43. The zero-order valence-corrected chi connectivity index (χ0v) is 13.1. The molecule has 0 amide bonds. The Morgan fingerprint density at radius 3 is 2.52 bits per heavy atom. The molecular weight excluding hydrogens is 325 g/mol. The van der Waals surface area contributed by atoms with Crippen LogP contribution in [0.5, 0.6) is 0 Å². The monoisotopic (exact) mass is 342 g/mol. The average Bonchev–Trinajstić information content (AvgIpc) is 2.88. The number of piperidine rings is 1. The van der Waals surface area contributed by atoms with E-state index >= 15 is 0 Å². The Bertz CT molecular complexity index is 576. The molecule has 0 unspecified atom stereocenters. The van der Waals surface area contributed by atoms with Crippen molar-refractivity contribution in [3.8, 4) is 0 Å². The molecule has 0 atom stereocenters. The van der Waals surface area contributed by atoms with E-state index in [1.807, 2.05) is 0 Å². The third-order valence-corrected chi connectivity index (χ3v) is 6.50. The third kappa shape index (κ3) is 3.77. The molecule has 21 heavy (non-hydrogen) atoms. The molecule has 1 aromatic heterocycles. The second-order valence-electron chi connectivity index (χ2n) is 5.00. The summed E-state index contributed by atoms with van der Waals surface area (Å²) in [6.45, 7) is 0.407. The first-order chi connectivity index (χ1) is 9.75. The molecule has 1 aliphatic rings. The van der Waals surface area contributed by atoms with Crippen LogP contribution in [0.3, 0.4) is 0 Å². The minimum absolute atomic E-state index is 0.0796. The summed E-state index contributed by atoms with van der Waals surface area (Å²) in [5.41, 5.74) is 0. The first-order valence-corrected chi connectivity index (χ1v) is 8.86. The molecule has 1 saturated heterocycles. The second kappa shape index (κ2) is 6.23. The van der Waals surface area contributed by atoms with Gasteiger partial charge >= 0.3 is 6.18 Å². The van der Waals surface area contributed by atoms with Crippen molar-refractivity contribution in [1.82, 2.24) is 9.62 Å². The van der Waals surface area contributed by atoms with Crippen molar-refractivity contribution < 1.29 is 21.6 Å². The standard InChI is InChI=1S/C12H17F3N2O2S2/c1-16-7-10-6-11(8-20-10)21(18,19)17-4-2-9(3-5-17)12(13,14)15/h6,8-9,16H,2-5,7H2,1H3. The molecule has 9 heteroatoms. The first-order valence-electron chi connectivity index (χ1n) is 6.54. The summed E-state index contributed by atoms with van der Waals surface area (Å²) in [6.07, 6.45) is -4.58. The first kappa shape index (κ1) is 16.7. The third-order valence-electron chi connectivity index (χ3n) is 3.54. The lowest BCUT2D eigenvalue weighted by Gasteiger charge is -2.31. The van der Waals surface area contributed by atoms with E-state index in [9.17, 15) is 21.6 Å². The van der Waals surface area contributed by atoms with Gasteiger partial charge in [-0.15, -0.1) is 11.3 Å². The van der Waals surface area contributed by atoms with E-state index in [4.69, 9.17) is 0 Å². The Morgan fingerprint density at radius 2 is 2.00 bits per heavy atom. The van der Waals surface area contributed by atoms with E-state index in [1.54, 1.807) is 13.1 Å². The van der Waals surface area contributed by atoms with Crippen LogP contribution in [-0.2, 0) is 16.6 Å². The Morgan fingerprint density at radius 1 is 1.38 bits per heavy atom. The summed E-state index contributed by atoms with van der Waals surface area (Å²) < 4.78 is 63.7. The predicted octanol–water partition coefficient (Wildman–Crippen LogP) is 2.43. The lowest BCUT2D eigenvalue weighted by molar-refractivity contribution is -0.182. The number of thiophene rings is 1. The Kier molecular flexibility index (Phi) is 4.96. The van der Waals surface area contributed by atoms with Crippen molar-refractivity contribution in [2.75, 3.05) is 20.1 Å². The molecule has 0 aromatic carbocycles. The molecule has 120 valence electrons. The zero-order chi connectivity index (χ0) is 15.7. The van der Waals surface area contributed by atoms with Gasteiger partial charge in [-0.2, -0.15) is 17.5 Å². The van der Waals surface area contributed by atoms with Crippen LogP contribution in [0.4, 0.5) is 13.2 Å². The van der Waals surface area contributed by atoms with Gasteiger partial charge in [0, 0.05) is 29.9 Å². The van der Waals surface area contributed by atoms with Gasteiger partial charge in [0.2, 0.25) is 10.0 Å². The summed E-state index contributed by atoms with van der Waals surface area (Å²) >= 11 is 1.32. The SMILES string of the molecule is CNCc1cc(S(=O)(=O)N2CCC(C(F)(F)F)CC2)cs1. The van der Waals surface area contributed by atoms with Gasteiger partial charge in [-0.25, -0.2) is 8.42 Å². The molecule has 2 heterocycles. The molecule has 1 aromatic rings. The molecule has 2 rings (SSSR count). The maximum absolute atomic E-state index is 12.6. The zero-order valence-electron chi connectivity index (χ0n) is 11.5. The van der Waals surface area contributed by atoms with Crippen LogP contribution in [0.15, 0.2) is 16.3 Å². The van der Waals surface area contributed by atoms with E-state index in [2.05, 4.69) is 5.32 Å². The Hall–Kier alpha value is -0.640. The van der Waals surface area contributed by atoms with Crippen molar-refractivity contribution >= 4 is 21.4 Å². The number of nitrogens with one attached hydrogen (secondary N) is 1. The lowest BCUT2D eigenvalue weighted by atomic mass is 9.98. The van der Waals surface area contributed by atoms with Gasteiger partial charge in [-0.1, -0.05) is 0 Å².